The zero-order valence-electron chi connectivity index (χ0n) is 14.7. The second kappa shape index (κ2) is 9.17. The fourth-order valence-electron chi connectivity index (χ4n) is 3.31. The van der Waals surface area contributed by atoms with Crippen molar-refractivity contribution in [1.29, 1.82) is 0 Å². The molecule has 2 aliphatic rings. The van der Waals surface area contributed by atoms with Gasteiger partial charge in [-0.05, 0) is 37.5 Å². The number of halogens is 2. The van der Waals surface area contributed by atoms with Gasteiger partial charge in [-0.3, -0.25) is 14.4 Å². The summed E-state index contributed by atoms with van der Waals surface area (Å²) < 4.78 is 0. The molecule has 0 bridgehead atoms. The minimum Gasteiger partial charge on any atom is -0.332 e. The molecule has 1 aromatic rings. The van der Waals surface area contributed by atoms with Crippen molar-refractivity contribution >= 4 is 57.7 Å². The number of nitrogens with one attached hydrogen (secondary N) is 1. The molecule has 1 N–H and O–H groups in total. The van der Waals surface area contributed by atoms with E-state index in [-0.39, 0.29) is 23.5 Å². The number of likely N-dealkylation sites (tertiary alicyclic amines) is 1. The van der Waals surface area contributed by atoms with Gasteiger partial charge in [0.1, 0.15) is 6.04 Å². The first kappa shape index (κ1) is 20.3. The lowest BCUT2D eigenvalue weighted by Crippen LogP contribution is -2.50. The first-order chi connectivity index (χ1) is 13.0. The van der Waals surface area contributed by atoms with E-state index >= 15 is 0 Å². The van der Waals surface area contributed by atoms with Crippen LogP contribution in [0.1, 0.15) is 25.7 Å². The Morgan fingerprint density at radius 2 is 2.00 bits per heavy atom. The van der Waals surface area contributed by atoms with E-state index in [0.717, 1.165) is 18.6 Å². The van der Waals surface area contributed by atoms with Gasteiger partial charge in [0.2, 0.25) is 11.8 Å². The number of carbonyl (C=O) groups is 3. The Morgan fingerprint density at radius 3 is 2.70 bits per heavy atom. The van der Waals surface area contributed by atoms with E-state index in [2.05, 4.69) is 5.32 Å². The number of thioether (sulfide) groups is 1. The molecule has 2 heterocycles. The molecule has 2 aliphatic heterocycles. The van der Waals surface area contributed by atoms with Crippen molar-refractivity contribution in [2.45, 2.75) is 31.7 Å². The van der Waals surface area contributed by atoms with Crippen LogP contribution >= 0.6 is 35.0 Å². The van der Waals surface area contributed by atoms with Crippen LogP contribution < -0.4 is 5.32 Å². The maximum atomic E-state index is 12.7. The highest BCUT2D eigenvalue weighted by molar-refractivity contribution is 8.13. The van der Waals surface area contributed by atoms with Crippen LogP contribution in [0.25, 0.3) is 0 Å². The lowest BCUT2D eigenvalue weighted by molar-refractivity contribution is -0.140. The average Bonchev–Trinajstić information content (AvgIpc) is 3.07. The predicted octanol–water partition coefficient (Wildman–Crippen LogP) is 3.87. The molecule has 0 saturated carbocycles. The van der Waals surface area contributed by atoms with Gasteiger partial charge in [0.05, 0.1) is 10.0 Å². The fraction of sp³-hybridized carbons (Fsp3) is 0.500. The Bertz CT molecular complexity index is 747. The van der Waals surface area contributed by atoms with Crippen molar-refractivity contribution in [2.24, 2.45) is 0 Å². The second-order valence-corrected chi connectivity index (χ2v) is 8.43. The summed E-state index contributed by atoms with van der Waals surface area (Å²) in [4.78, 5) is 40.4. The molecule has 0 aliphatic carbocycles. The number of anilines is 1. The largest absolute Gasteiger partial charge is 0.332 e. The maximum Gasteiger partial charge on any atom is 0.281 e. The lowest BCUT2D eigenvalue weighted by atomic mass is 10.0. The van der Waals surface area contributed by atoms with Crippen LogP contribution in [-0.4, -0.2) is 58.3 Å². The molecule has 1 atom stereocenters. The molecule has 6 nitrogen and oxygen atoms in total. The van der Waals surface area contributed by atoms with Gasteiger partial charge in [-0.1, -0.05) is 35.0 Å². The Kier molecular flexibility index (Phi) is 6.89. The number of rotatable bonds is 5. The SMILES string of the molecule is O=C(Nc1ccc(Cl)c(Cl)c1)C1CCCCN1C(=O)CCN1CCSC1=O. The Balaban J connectivity index is 1.61. The summed E-state index contributed by atoms with van der Waals surface area (Å²) in [5.74, 6) is 0.453. The van der Waals surface area contributed by atoms with Crippen molar-refractivity contribution < 1.29 is 14.4 Å². The quantitative estimate of drug-likeness (QED) is 0.770. The van der Waals surface area contributed by atoms with Crippen LogP contribution in [0.3, 0.4) is 0 Å². The van der Waals surface area contributed by atoms with Crippen molar-refractivity contribution in [2.75, 3.05) is 30.7 Å². The molecule has 0 spiro atoms. The third kappa shape index (κ3) is 5.09. The molecule has 9 heteroatoms. The first-order valence-electron chi connectivity index (χ1n) is 8.93. The summed E-state index contributed by atoms with van der Waals surface area (Å²) in [5, 5.41) is 3.62. The van der Waals surface area contributed by atoms with Crippen LogP contribution in [0.15, 0.2) is 18.2 Å². The third-order valence-electron chi connectivity index (χ3n) is 4.75. The monoisotopic (exact) mass is 429 g/mol. The molecule has 1 aromatic carbocycles. The van der Waals surface area contributed by atoms with E-state index < -0.39 is 6.04 Å². The minimum atomic E-state index is -0.510. The topological polar surface area (TPSA) is 69.7 Å². The van der Waals surface area contributed by atoms with E-state index in [0.29, 0.717) is 41.8 Å². The number of carbonyl (C=O) groups excluding carboxylic acids is 3. The molecular weight excluding hydrogens is 409 g/mol. The molecule has 3 rings (SSSR count). The van der Waals surface area contributed by atoms with Crippen molar-refractivity contribution in [3.63, 3.8) is 0 Å². The van der Waals surface area contributed by atoms with E-state index in [1.807, 2.05) is 0 Å². The zero-order chi connectivity index (χ0) is 19.4. The zero-order valence-corrected chi connectivity index (χ0v) is 17.1. The minimum absolute atomic E-state index is 0.0235. The van der Waals surface area contributed by atoms with Gasteiger partial charge in [-0.15, -0.1) is 0 Å². The van der Waals surface area contributed by atoms with Crippen molar-refractivity contribution in [3.8, 4) is 0 Å². The van der Waals surface area contributed by atoms with Gasteiger partial charge in [0.25, 0.3) is 5.24 Å². The summed E-state index contributed by atoms with van der Waals surface area (Å²) in [6.07, 6.45) is 2.63. The van der Waals surface area contributed by atoms with E-state index in [9.17, 15) is 14.4 Å². The van der Waals surface area contributed by atoms with Gasteiger partial charge in [-0.2, -0.15) is 0 Å². The number of hydrogen-bond donors (Lipinski definition) is 1. The summed E-state index contributed by atoms with van der Waals surface area (Å²) in [5.41, 5.74) is 0.548. The van der Waals surface area contributed by atoms with E-state index in [1.54, 1.807) is 28.0 Å². The van der Waals surface area contributed by atoms with Gasteiger partial charge >= 0.3 is 0 Å². The predicted molar refractivity (Wildman–Crippen MR) is 108 cm³/mol. The van der Waals surface area contributed by atoms with E-state index in [4.69, 9.17) is 23.2 Å². The van der Waals surface area contributed by atoms with Crippen LogP contribution in [0.5, 0.6) is 0 Å². The molecular formula is C18H21Cl2N3O3S. The summed E-state index contributed by atoms with van der Waals surface area (Å²) >= 11 is 13.2. The highest BCUT2D eigenvalue weighted by Gasteiger charge is 2.32. The highest BCUT2D eigenvalue weighted by atomic mass is 35.5. The molecule has 2 saturated heterocycles. The number of hydrogen-bond acceptors (Lipinski definition) is 4. The van der Waals surface area contributed by atoms with Gasteiger partial charge in [0, 0.05) is 37.5 Å². The number of piperidine rings is 1. The number of amides is 3. The van der Waals surface area contributed by atoms with Crippen LogP contribution in [0, 0.1) is 0 Å². The van der Waals surface area contributed by atoms with Crippen LogP contribution in [0.4, 0.5) is 10.5 Å². The summed E-state index contributed by atoms with van der Waals surface area (Å²) in [7, 11) is 0. The highest BCUT2D eigenvalue weighted by Crippen LogP contribution is 2.26. The normalized spacial score (nSPS) is 20.1. The molecule has 0 radical (unpaired) electrons. The smallest absolute Gasteiger partial charge is 0.281 e. The average molecular weight is 430 g/mol. The third-order valence-corrected chi connectivity index (χ3v) is 6.38. The van der Waals surface area contributed by atoms with Crippen molar-refractivity contribution in [3.05, 3.63) is 28.2 Å². The first-order valence-corrected chi connectivity index (χ1v) is 10.7. The van der Waals surface area contributed by atoms with Gasteiger partial charge in [-0.25, -0.2) is 0 Å². The summed E-state index contributed by atoms with van der Waals surface area (Å²) in [6.45, 7) is 1.64. The van der Waals surface area contributed by atoms with Gasteiger partial charge < -0.3 is 15.1 Å². The Labute approximate surface area is 172 Å². The van der Waals surface area contributed by atoms with Crippen LogP contribution in [-0.2, 0) is 9.59 Å². The fourth-order valence-corrected chi connectivity index (χ4v) is 4.45. The van der Waals surface area contributed by atoms with Gasteiger partial charge in [0.15, 0.2) is 0 Å². The van der Waals surface area contributed by atoms with Crippen molar-refractivity contribution in [1.82, 2.24) is 9.80 Å². The number of nitrogens with zero attached hydrogens (tertiary/aromatic N) is 2. The second-order valence-electron chi connectivity index (χ2n) is 6.57. The molecule has 3 amide bonds. The van der Waals surface area contributed by atoms with E-state index in [1.165, 1.54) is 11.8 Å². The number of benzene rings is 1. The molecule has 0 aromatic heterocycles. The Hall–Kier alpha value is -1.44. The maximum absolute atomic E-state index is 12.7. The Morgan fingerprint density at radius 1 is 1.19 bits per heavy atom. The molecule has 27 heavy (non-hydrogen) atoms. The standard InChI is InChI=1S/C18H21Cl2N3O3S/c19-13-5-4-12(11-14(13)20)21-17(25)15-3-1-2-7-23(15)16(24)6-8-22-9-10-27-18(22)26/h4-5,11,15H,1-3,6-10H2,(H,21,25). The molecule has 2 fully saturated rings. The lowest BCUT2D eigenvalue weighted by Gasteiger charge is -2.35. The van der Waals surface area contributed by atoms with Crippen LogP contribution in [0.2, 0.25) is 10.0 Å². The summed E-state index contributed by atoms with van der Waals surface area (Å²) in [6, 6.07) is 4.38. The molecule has 146 valence electrons. The molecule has 1 unspecified atom stereocenters.